The number of amides is 4. The average Bonchev–Trinajstić information content (AvgIpc) is 1.40. The number of likely N-dealkylation sites (tertiary alicyclic amines) is 4. The lowest BCUT2D eigenvalue weighted by atomic mass is 9.95. The van der Waals surface area contributed by atoms with Crippen LogP contribution in [0, 0.1) is 46.9 Å². The maximum Gasteiger partial charge on any atom is 0.306 e. The molecule has 0 aliphatic carbocycles. The second-order valence-electron chi connectivity index (χ2n) is 42.3. The molecule has 16 atom stereocenters. The number of methoxy groups -OCH3 is 8. The summed E-state index contributed by atoms with van der Waals surface area (Å²) in [5.74, 6) is -11.7. The van der Waals surface area contributed by atoms with Crippen molar-refractivity contribution in [2.75, 3.05) is 129 Å². The second-order valence-corrected chi connectivity index (χ2v) is 52.9. The molecule has 0 N–H and O–H groups in total. The van der Waals surface area contributed by atoms with E-state index in [9.17, 15) is 57.5 Å². The third-order valence-corrected chi connectivity index (χ3v) is 38.4. The molecular weight excluding hydrogens is 1910 g/mol. The number of halogens is 4. The van der Waals surface area contributed by atoms with Gasteiger partial charge in [0.15, 0.2) is 46.4 Å². The number of anilines is 4. The van der Waals surface area contributed by atoms with Crippen LogP contribution in [0.15, 0.2) is 121 Å². The lowest BCUT2D eigenvalue weighted by molar-refractivity contribution is -0.151. The number of hydrogen-bond donors (Lipinski definition) is 0. The van der Waals surface area contributed by atoms with Crippen LogP contribution in [0.25, 0.3) is 0 Å². The molecule has 792 valence electrons. The quantitative estimate of drug-likeness (QED) is 0.0149. The first-order chi connectivity index (χ1) is 72.0. The van der Waals surface area contributed by atoms with Gasteiger partial charge in [0.25, 0.3) is 0 Å². The van der Waals surface area contributed by atoms with Crippen molar-refractivity contribution < 1.29 is 121 Å². The Bertz CT molecular complexity index is 5460. The highest BCUT2D eigenvalue weighted by Crippen LogP contribution is 2.52. The van der Waals surface area contributed by atoms with E-state index >= 15 is 17.6 Å². The Morgan fingerprint density at radius 3 is 0.733 bits per heavy atom. The molecule has 8 heterocycles. The first-order valence-electron chi connectivity index (χ1n) is 54.5. The van der Waals surface area contributed by atoms with Gasteiger partial charge in [0.2, 0.25) is 23.6 Å². The van der Waals surface area contributed by atoms with Gasteiger partial charge in [0.1, 0.15) is 11.4 Å². The van der Waals surface area contributed by atoms with Crippen molar-refractivity contribution in [1.82, 2.24) is 19.6 Å². The minimum absolute atomic E-state index is 0.0122. The van der Waals surface area contributed by atoms with Crippen molar-refractivity contribution in [1.29, 1.82) is 0 Å². The van der Waals surface area contributed by atoms with Gasteiger partial charge in [0, 0.05) is 118 Å². The van der Waals surface area contributed by atoms with Gasteiger partial charge in [-0.2, -0.15) is 0 Å². The molecule has 6 aromatic carbocycles. The Morgan fingerprint density at radius 2 is 0.534 bits per heavy atom. The zero-order valence-corrected chi connectivity index (χ0v) is 88.7. The summed E-state index contributed by atoms with van der Waals surface area (Å²) in [5, 5.41) is 0. The Balaban J connectivity index is 0.000000253. The number of ether oxygens (including phenoxy) is 8. The van der Waals surface area contributed by atoms with Gasteiger partial charge in [-0.3, -0.25) is 57.5 Å². The molecular formula is C112H148F4N8O20Si2. The molecule has 8 aliphatic heterocycles. The summed E-state index contributed by atoms with van der Waals surface area (Å²) in [7, 11) is -0.582. The molecule has 8 saturated heterocycles. The van der Waals surface area contributed by atoms with Crippen LogP contribution in [0.5, 0.6) is 0 Å². The normalized spacial score (nSPS) is 23.2. The molecule has 6 aromatic rings. The number of hydrogen-bond acceptors (Lipinski definition) is 24. The Kier molecular flexibility index (Phi) is 35.7. The first-order valence-corrected chi connectivity index (χ1v) is 58.3. The van der Waals surface area contributed by atoms with Crippen LogP contribution in [0.2, 0.25) is 50.4 Å². The number of benzene rings is 6. The SMILES string of the molecule is [2H]C([2H])([2H])OC(=O)C[C@H](C(=O)N1CCC[C@H]1C(=O)Cc1ccc([C@@H]2CC[C@@H](c3ccc(CC(=O)[C@@H]4CCCN4C(=O)[C@@H](CC(=O)OC)[C@@H](C)OC)cc3)N2c2cc(F)c(N3CC[Si](C)(C)CC3)c(F)c2)cc1)[C@@H](C)OC.[2H]C([2H])([2H])OC(=O)C[C@H](C(=O)N1CCC[C@H]1C(=O)Cc1ccc([C@H]2CC[C@H](c3ccc(CC(=O)[C@@H]4CCCN4C(=O)[C@@H](CC(=O)OC)[C@@H](C)OC)cc3)N2c2cc(F)c(N3CC[Si](C)(C)CC3)c(F)c2)cc1)[C@@H](C)OC. The van der Waals surface area contributed by atoms with E-state index in [1.807, 2.05) is 107 Å². The van der Waals surface area contributed by atoms with Crippen molar-refractivity contribution in [2.45, 2.75) is 279 Å². The fraction of sp³-hybridized carbons (Fsp3) is 0.571. The molecule has 34 heteroatoms. The molecule has 4 amide bonds. The number of carbonyl (C=O) groups excluding carboxylic acids is 12. The first kappa shape index (κ1) is 104. The topological polar surface area (TPSA) is 305 Å². The molecule has 8 fully saturated rings. The standard InChI is InChI=1S/2C56H74F2N4O10Si/c2*1-35(69-3)42(33-52(65)71-5)55(67)60-23-9-11-48(60)50(63)29-37-13-17-39(18-14-37)46-21-22-47(62(46)41-31-44(57)54(45(58)32-41)59-25-27-73(7,8)28-26-59)40-19-15-38(16-20-40)30-51(64)49-12-10-24-61(49)56(68)43(36(2)70-4)34-53(66)72-6/h2*13-20,31-32,35-36,42-43,46-49H,9-12,21-30,33-34H2,1-8H3/t35-,36-,42+,43+,46+,47+,48+,49+;35-,36-,42+,43+,46-,47-,48+,49+/m11/s1/i2*5D3. The van der Waals surface area contributed by atoms with Crippen molar-refractivity contribution in [3.8, 4) is 0 Å². The van der Waals surface area contributed by atoms with Crippen molar-refractivity contribution >= 4 is 110 Å². The summed E-state index contributed by atoms with van der Waals surface area (Å²) in [6.07, 6.45) is 2.89. The predicted molar refractivity (Wildman–Crippen MR) is 552 cm³/mol. The maximum absolute atomic E-state index is 16.5. The van der Waals surface area contributed by atoms with Crippen molar-refractivity contribution in [2.24, 2.45) is 23.7 Å². The maximum atomic E-state index is 16.5. The number of carbonyl (C=O) groups is 12. The van der Waals surface area contributed by atoms with Gasteiger partial charge in [0.05, 0.1) is 175 Å². The lowest BCUT2D eigenvalue weighted by Gasteiger charge is -2.38. The zero-order chi connectivity index (χ0) is 110. The molecule has 146 heavy (non-hydrogen) atoms. The number of ketones is 4. The van der Waals surface area contributed by atoms with Gasteiger partial charge in [-0.05, 0) is 198 Å². The lowest BCUT2D eigenvalue weighted by Crippen LogP contribution is -2.47. The van der Waals surface area contributed by atoms with E-state index < -0.39 is 174 Å². The van der Waals surface area contributed by atoms with Crippen molar-refractivity contribution in [3.05, 3.63) is 189 Å². The number of Topliss-reactive ketones (excluding diaryl/α,β-unsaturated/α-hetero) is 4. The third kappa shape index (κ3) is 26.6. The minimum atomic E-state index is -2.97. The van der Waals surface area contributed by atoms with Crippen LogP contribution in [0.3, 0.4) is 0 Å². The van der Waals surface area contributed by atoms with Crippen LogP contribution in [0.4, 0.5) is 40.3 Å². The fourth-order valence-electron chi connectivity index (χ4n) is 22.8. The predicted octanol–water partition coefficient (Wildman–Crippen LogP) is 16.4. The van der Waals surface area contributed by atoms with Crippen LogP contribution in [-0.2, 0) is 121 Å². The highest BCUT2D eigenvalue weighted by molar-refractivity contribution is 6.78. The van der Waals surface area contributed by atoms with E-state index in [1.165, 1.54) is 76.7 Å². The molecule has 0 unspecified atom stereocenters. The summed E-state index contributed by atoms with van der Waals surface area (Å²) in [6, 6.07) is 35.8. The van der Waals surface area contributed by atoms with E-state index in [4.69, 9.17) is 36.6 Å². The zero-order valence-electron chi connectivity index (χ0n) is 92.7. The molecule has 0 radical (unpaired) electrons. The summed E-state index contributed by atoms with van der Waals surface area (Å²) in [4.78, 5) is 175. The molecule has 28 nitrogen and oxygen atoms in total. The number of rotatable bonds is 40. The molecule has 8 aliphatic rings. The van der Waals surface area contributed by atoms with Gasteiger partial charge >= 0.3 is 23.9 Å². The van der Waals surface area contributed by atoms with E-state index in [2.05, 4.69) is 45.5 Å². The molecule has 0 bridgehead atoms. The van der Waals surface area contributed by atoms with Crippen LogP contribution < -0.4 is 19.6 Å². The summed E-state index contributed by atoms with van der Waals surface area (Å²) < 4.78 is 150. The molecule has 0 saturated carbocycles. The summed E-state index contributed by atoms with van der Waals surface area (Å²) >= 11 is 0. The molecule has 0 aromatic heterocycles. The fourth-order valence-corrected chi connectivity index (χ4v) is 26.8. The smallest absolute Gasteiger partial charge is 0.306 e. The van der Waals surface area contributed by atoms with Crippen LogP contribution in [-0.4, -0.2) is 264 Å². The van der Waals surface area contributed by atoms with Gasteiger partial charge in [-0.15, -0.1) is 0 Å². The largest absolute Gasteiger partial charge is 0.469 e. The monoisotopic (exact) mass is 2060 g/mol. The summed E-state index contributed by atoms with van der Waals surface area (Å²) in [5.41, 5.74) is 7.15. The van der Waals surface area contributed by atoms with Gasteiger partial charge in [-0.25, -0.2) is 17.6 Å². The minimum Gasteiger partial charge on any atom is -0.469 e. The second kappa shape index (κ2) is 50.3. The molecule has 0 spiro atoms. The highest BCUT2D eigenvalue weighted by Gasteiger charge is 2.48. The van der Waals surface area contributed by atoms with E-state index in [-0.39, 0.29) is 122 Å². The number of nitrogens with zero attached hydrogens (tertiary/aromatic N) is 8. The Morgan fingerprint density at radius 1 is 0.322 bits per heavy atom. The van der Waals surface area contributed by atoms with Gasteiger partial charge in [-0.1, -0.05) is 123 Å². The van der Waals surface area contributed by atoms with Crippen LogP contribution >= 0.6 is 0 Å². The van der Waals surface area contributed by atoms with Crippen LogP contribution in [0.1, 0.15) is 207 Å². The average molecular weight is 2060 g/mol. The Hall–Kier alpha value is -11.0. The number of esters is 4. The van der Waals surface area contributed by atoms with E-state index in [1.54, 1.807) is 37.5 Å². The van der Waals surface area contributed by atoms with Gasteiger partial charge < -0.3 is 77.1 Å². The molecule has 14 rings (SSSR count). The Labute approximate surface area is 866 Å². The van der Waals surface area contributed by atoms with E-state index in [0.717, 1.165) is 57.6 Å². The third-order valence-electron chi connectivity index (χ3n) is 32.1. The van der Waals surface area contributed by atoms with E-state index in [0.29, 0.717) is 139 Å². The summed E-state index contributed by atoms with van der Waals surface area (Å²) in [6.45, 7) is 19.6. The highest BCUT2D eigenvalue weighted by atomic mass is 28.3. The van der Waals surface area contributed by atoms with Crippen molar-refractivity contribution in [3.63, 3.8) is 0 Å².